The van der Waals surface area contributed by atoms with Crippen LogP contribution in [0.4, 0.5) is 0 Å². The summed E-state index contributed by atoms with van der Waals surface area (Å²) in [6, 6.07) is 18.5. The van der Waals surface area contributed by atoms with E-state index in [-0.39, 0.29) is 6.42 Å². The molecule has 0 aliphatic heterocycles. The fraction of sp³-hybridized carbons (Fsp3) is 0.286. The lowest BCUT2D eigenvalue weighted by Gasteiger charge is -2.18. The van der Waals surface area contributed by atoms with Gasteiger partial charge in [-0.05, 0) is 6.92 Å². The molecular formula is C21H23NO4. The summed E-state index contributed by atoms with van der Waals surface area (Å²) in [5, 5.41) is 0. The average molecular weight is 353 g/mol. The second-order valence-corrected chi connectivity index (χ2v) is 5.90. The van der Waals surface area contributed by atoms with Crippen LogP contribution in [-0.2, 0) is 19.1 Å². The number of methoxy groups -OCH3 is 1. The van der Waals surface area contributed by atoms with E-state index in [4.69, 9.17) is 9.47 Å². The second-order valence-electron chi connectivity index (χ2n) is 5.90. The first kappa shape index (κ1) is 19.4. The first-order valence-electron chi connectivity index (χ1n) is 8.45. The average Bonchev–Trinajstić information content (AvgIpc) is 2.65. The Morgan fingerprint density at radius 1 is 0.962 bits per heavy atom. The summed E-state index contributed by atoms with van der Waals surface area (Å²) in [7, 11) is 1.33. The molecule has 26 heavy (non-hydrogen) atoms. The van der Waals surface area contributed by atoms with E-state index in [0.717, 1.165) is 11.1 Å². The quantitative estimate of drug-likeness (QED) is 0.565. The van der Waals surface area contributed by atoms with E-state index in [2.05, 4.69) is 4.99 Å². The van der Waals surface area contributed by atoms with Crippen molar-refractivity contribution in [3.63, 3.8) is 0 Å². The minimum atomic E-state index is -0.773. The fourth-order valence-electron chi connectivity index (χ4n) is 2.65. The van der Waals surface area contributed by atoms with Crippen LogP contribution in [0.2, 0.25) is 0 Å². The van der Waals surface area contributed by atoms with Gasteiger partial charge in [0, 0.05) is 24.5 Å². The van der Waals surface area contributed by atoms with Gasteiger partial charge < -0.3 is 9.47 Å². The van der Waals surface area contributed by atoms with Crippen LogP contribution in [0.15, 0.2) is 65.7 Å². The topological polar surface area (TPSA) is 65.0 Å². The molecule has 0 fully saturated rings. The third-order valence-electron chi connectivity index (χ3n) is 3.77. The summed E-state index contributed by atoms with van der Waals surface area (Å²) in [6.07, 6.45) is -0.205. The minimum Gasteiger partial charge on any atom is -0.467 e. The third-order valence-corrected chi connectivity index (χ3v) is 3.77. The molecule has 0 N–H and O–H groups in total. The molecule has 0 aliphatic carbocycles. The van der Waals surface area contributed by atoms with Gasteiger partial charge in [-0.2, -0.15) is 0 Å². The van der Waals surface area contributed by atoms with Gasteiger partial charge in [-0.1, -0.05) is 60.7 Å². The van der Waals surface area contributed by atoms with E-state index < -0.39 is 24.1 Å². The summed E-state index contributed by atoms with van der Waals surface area (Å²) in [5.41, 5.74) is 2.48. The van der Waals surface area contributed by atoms with Crippen LogP contribution < -0.4 is 0 Å². The van der Waals surface area contributed by atoms with Gasteiger partial charge in [0.05, 0.1) is 12.8 Å². The Morgan fingerprint density at radius 3 is 1.88 bits per heavy atom. The Hall–Kier alpha value is -2.95. The monoisotopic (exact) mass is 353 g/mol. The Balaban J connectivity index is 2.42. The number of carbonyl (C=O) groups is 2. The zero-order valence-electron chi connectivity index (χ0n) is 15.2. The van der Waals surface area contributed by atoms with E-state index in [1.54, 1.807) is 6.92 Å². The molecule has 2 aromatic rings. The highest BCUT2D eigenvalue weighted by Gasteiger charge is 2.24. The number of nitrogens with zero attached hydrogens (tertiary/aromatic N) is 1. The van der Waals surface area contributed by atoms with Gasteiger partial charge in [0.15, 0.2) is 6.04 Å². The number of esters is 2. The van der Waals surface area contributed by atoms with Crippen molar-refractivity contribution in [2.75, 3.05) is 7.11 Å². The van der Waals surface area contributed by atoms with Crippen molar-refractivity contribution in [3.05, 3.63) is 71.8 Å². The first-order valence-corrected chi connectivity index (χ1v) is 8.45. The molecule has 0 saturated heterocycles. The van der Waals surface area contributed by atoms with Crippen LogP contribution in [0.25, 0.3) is 0 Å². The molecule has 2 atom stereocenters. The first-order chi connectivity index (χ1) is 12.5. The van der Waals surface area contributed by atoms with Crippen molar-refractivity contribution in [2.45, 2.75) is 32.4 Å². The van der Waals surface area contributed by atoms with E-state index in [1.807, 2.05) is 60.7 Å². The number of benzene rings is 2. The van der Waals surface area contributed by atoms with Gasteiger partial charge in [-0.25, -0.2) is 4.79 Å². The van der Waals surface area contributed by atoms with Gasteiger partial charge in [0.25, 0.3) is 0 Å². The van der Waals surface area contributed by atoms with Gasteiger partial charge >= 0.3 is 11.9 Å². The summed E-state index contributed by atoms with van der Waals surface area (Å²) >= 11 is 0. The molecular weight excluding hydrogens is 330 g/mol. The fourth-order valence-corrected chi connectivity index (χ4v) is 2.65. The van der Waals surface area contributed by atoms with E-state index in [0.29, 0.717) is 5.71 Å². The summed E-state index contributed by atoms with van der Waals surface area (Å²) in [4.78, 5) is 28.1. The maximum absolute atomic E-state index is 12.3. The smallest absolute Gasteiger partial charge is 0.330 e. The van der Waals surface area contributed by atoms with Crippen molar-refractivity contribution < 1.29 is 19.1 Å². The molecule has 0 radical (unpaired) electrons. The Labute approximate surface area is 153 Å². The van der Waals surface area contributed by atoms with Crippen LogP contribution >= 0.6 is 0 Å². The van der Waals surface area contributed by atoms with Crippen molar-refractivity contribution in [1.29, 1.82) is 0 Å². The summed E-state index contributed by atoms with van der Waals surface area (Å²) < 4.78 is 10.1. The molecule has 0 heterocycles. The van der Waals surface area contributed by atoms with Gasteiger partial charge in [0.1, 0.15) is 6.10 Å². The molecule has 0 aliphatic rings. The number of carbonyl (C=O) groups excluding carboxylic acids is 2. The highest BCUT2D eigenvalue weighted by Crippen LogP contribution is 2.16. The van der Waals surface area contributed by atoms with Gasteiger partial charge in [0.2, 0.25) is 0 Å². The molecule has 0 spiro atoms. The largest absolute Gasteiger partial charge is 0.467 e. The number of hydrogen-bond donors (Lipinski definition) is 0. The lowest BCUT2D eigenvalue weighted by atomic mass is 10.0. The number of rotatable bonds is 7. The standard InChI is InChI=1S/C21H23NO4/c1-15(26-16(2)23)14-19(21(24)25-3)22-20(17-10-6-4-7-11-17)18-12-8-5-9-13-18/h4-13,15,19H,14H2,1-3H3. The van der Waals surface area contributed by atoms with Crippen molar-refractivity contribution in [2.24, 2.45) is 4.99 Å². The summed E-state index contributed by atoms with van der Waals surface area (Å²) in [5.74, 6) is -0.857. The molecule has 136 valence electrons. The van der Waals surface area contributed by atoms with Crippen molar-refractivity contribution >= 4 is 17.7 Å². The van der Waals surface area contributed by atoms with Crippen LogP contribution in [0.1, 0.15) is 31.4 Å². The van der Waals surface area contributed by atoms with Crippen molar-refractivity contribution in [3.8, 4) is 0 Å². The number of hydrogen-bond acceptors (Lipinski definition) is 5. The molecule has 2 aromatic carbocycles. The minimum absolute atomic E-state index is 0.245. The molecule has 2 rings (SSSR count). The molecule has 2 unspecified atom stereocenters. The maximum Gasteiger partial charge on any atom is 0.330 e. The maximum atomic E-state index is 12.3. The lowest BCUT2D eigenvalue weighted by molar-refractivity contribution is -0.149. The Kier molecular flexibility index (Phi) is 7.09. The molecule has 0 aromatic heterocycles. The number of ether oxygens (including phenoxy) is 2. The Morgan fingerprint density at radius 2 is 1.46 bits per heavy atom. The normalized spacial score (nSPS) is 12.6. The molecule has 5 heteroatoms. The van der Waals surface area contributed by atoms with Crippen LogP contribution in [0.3, 0.4) is 0 Å². The van der Waals surface area contributed by atoms with Crippen molar-refractivity contribution in [1.82, 2.24) is 0 Å². The van der Waals surface area contributed by atoms with E-state index in [9.17, 15) is 9.59 Å². The molecule has 0 amide bonds. The Bertz CT molecular complexity index is 715. The molecule has 0 saturated carbocycles. The van der Waals surface area contributed by atoms with Crippen LogP contribution in [0, 0.1) is 0 Å². The zero-order valence-corrected chi connectivity index (χ0v) is 15.2. The second kappa shape index (κ2) is 9.51. The zero-order chi connectivity index (χ0) is 18.9. The van der Waals surface area contributed by atoms with E-state index in [1.165, 1.54) is 14.0 Å². The predicted molar refractivity (Wildman–Crippen MR) is 100 cm³/mol. The van der Waals surface area contributed by atoms with Gasteiger partial charge in [-0.15, -0.1) is 0 Å². The lowest BCUT2D eigenvalue weighted by Crippen LogP contribution is -2.28. The highest BCUT2D eigenvalue weighted by atomic mass is 16.5. The highest BCUT2D eigenvalue weighted by molar-refractivity contribution is 6.13. The SMILES string of the molecule is COC(=O)C(CC(C)OC(C)=O)N=C(c1ccccc1)c1ccccc1. The van der Waals surface area contributed by atoms with Crippen LogP contribution in [-0.4, -0.2) is 36.9 Å². The van der Waals surface area contributed by atoms with Crippen LogP contribution in [0.5, 0.6) is 0 Å². The van der Waals surface area contributed by atoms with Gasteiger partial charge in [-0.3, -0.25) is 9.79 Å². The van der Waals surface area contributed by atoms with E-state index >= 15 is 0 Å². The molecule has 0 bridgehead atoms. The predicted octanol–water partition coefficient (Wildman–Crippen LogP) is 3.41. The third kappa shape index (κ3) is 5.55. The molecule has 5 nitrogen and oxygen atoms in total. The number of aliphatic imine (C=N–C) groups is 1. The summed E-state index contributed by atoms with van der Waals surface area (Å²) in [6.45, 7) is 3.07.